The number of hydrogen-bond acceptors (Lipinski definition) is 3. The second-order valence-electron chi connectivity index (χ2n) is 7.24. The van der Waals surface area contributed by atoms with Gasteiger partial charge in [-0.15, -0.1) is 0 Å². The van der Waals surface area contributed by atoms with Crippen molar-refractivity contribution in [1.82, 2.24) is 4.90 Å². The van der Waals surface area contributed by atoms with E-state index in [0.717, 1.165) is 24.3 Å². The van der Waals surface area contributed by atoms with Gasteiger partial charge in [0.15, 0.2) is 0 Å². The van der Waals surface area contributed by atoms with Crippen LogP contribution < -0.4 is 0 Å². The molecular weight excluding hydrogens is 351 g/mol. The molecule has 1 N–H and O–H groups in total. The van der Waals surface area contributed by atoms with Crippen LogP contribution in [0.15, 0.2) is 24.3 Å². The Bertz CT molecular complexity index is 633. The van der Waals surface area contributed by atoms with E-state index in [-0.39, 0.29) is 18.2 Å². The van der Waals surface area contributed by atoms with Crippen molar-refractivity contribution in [3.8, 4) is 0 Å². The van der Waals surface area contributed by atoms with Gasteiger partial charge < -0.3 is 14.7 Å². The Morgan fingerprint density at radius 1 is 1.12 bits per heavy atom. The number of benzene rings is 1. The first kappa shape index (κ1) is 21.8. The zero-order chi connectivity index (χ0) is 20.3. The summed E-state index contributed by atoms with van der Waals surface area (Å²) in [5.41, 5.74) is -1.44. The lowest BCUT2D eigenvalue weighted by atomic mass is 9.97. The van der Waals surface area contributed by atoms with Gasteiger partial charge in [0.1, 0.15) is 5.60 Å². The zero-order valence-corrected chi connectivity index (χ0v) is 15.4. The van der Waals surface area contributed by atoms with Gasteiger partial charge in [-0.05, 0) is 52.3 Å². The molecule has 8 heteroatoms. The quantitative estimate of drug-likeness (QED) is 0.822. The van der Waals surface area contributed by atoms with Crippen LogP contribution in [0.3, 0.4) is 0 Å². The Morgan fingerprint density at radius 3 is 1.96 bits per heavy atom. The van der Waals surface area contributed by atoms with Crippen molar-refractivity contribution in [2.75, 3.05) is 6.54 Å². The molecule has 0 saturated carbocycles. The van der Waals surface area contributed by atoms with E-state index in [2.05, 4.69) is 0 Å². The van der Waals surface area contributed by atoms with Crippen LogP contribution in [0.4, 0.5) is 18.0 Å². The fourth-order valence-electron chi connectivity index (χ4n) is 2.24. The lowest BCUT2D eigenvalue weighted by molar-refractivity contribution is -0.139. The Kier molecular flexibility index (Phi) is 6.68. The number of rotatable bonds is 5. The minimum absolute atomic E-state index is 0.180. The van der Waals surface area contributed by atoms with E-state index in [1.807, 2.05) is 0 Å². The molecule has 1 aromatic rings. The smallest absolute Gasteiger partial charge is 0.416 e. The SMILES string of the molecule is CC(C)N(CC(C(=O)O)c1ccc(C(F)(F)F)cc1)C(=O)OC(C)(C)C. The molecule has 0 radical (unpaired) electrons. The van der Waals surface area contributed by atoms with Gasteiger partial charge in [-0.3, -0.25) is 4.79 Å². The average Bonchev–Trinajstić information content (AvgIpc) is 2.44. The molecule has 0 heterocycles. The van der Waals surface area contributed by atoms with Crippen LogP contribution in [-0.4, -0.2) is 40.3 Å². The number of carbonyl (C=O) groups is 2. The van der Waals surface area contributed by atoms with E-state index in [0.29, 0.717) is 0 Å². The highest BCUT2D eigenvalue weighted by Gasteiger charge is 2.33. The highest BCUT2D eigenvalue weighted by Crippen LogP contribution is 2.30. The standard InChI is InChI=1S/C18H24F3NO4/c1-11(2)22(16(25)26-17(3,4)5)10-14(15(23)24)12-6-8-13(9-7-12)18(19,20)21/h6-9,11,14H,10H2,1-5H3,(H,23,24). The molecule has 0 bridgehead atoms. The predicted molar refractivity (Wildman–Crippen MR) is 89.9 cm³/mol. The Labute approximate surface area is 150 Å². The van der Waals surface area contributed by atoms with Crippen molar-refractivity contribution < 1.29 is 32.6 Å². The Morgan fingerprint density at radius 2 is 1.62 bits per heavy atom. The number of hydrogen-bond donors (Lipinski definition) is 1. The van der Waals surface area contributed by atoms with Gasteiger partial charge >= 0.3 is 18.2 Å². The molecule has 0 fully saturated rings. The Hall–Kier alpha value is -2.25. The van der Waals surface area contributed by atoms with E-state index in [9.17, 15) is 27.9 Å². The molecular formula is C18H24F3NO4. The topological polar surface area (TPSA) is 66.8 Å². The fraction of sp³-hybridized carbons (Fsp3) is 0.556. The highest BCUT2D eigenvalue weighted by atomic mass is 19.4. The number of aliphatic carboxylic acids is 1. The van der Waals surface area contributed by atoms with Crippen molar-refractivity contribution in [2.24, 2.45) is 0 Å². The summed E-state index contributed by atoms with van der Waals surface area (Å²) in [5.74, 6) is -2.41. The zero-order valence-electron chi connectivity index (χ0n) is 15.4. The van der Waals surface area contributed by atoms with Gasteiger partial charge in [-0.25, -0.2) is 4.79 Å². The summed E-state index contributed by atoms with van der Waals surface area (Å²) in [6.45, 7) is 8.26. The second kappa shape index (κ2) is 7.97. The molecule has 0 aliphatic carbocycles. The van der Waals surface area contributed by atoms with Gasteiger partial charge in [0.05, 0.1) is 11.5 Å². The highest BCUT2D eigenvalue weighted by molar-refractivity contribution is 5.78. The molecule has 26 heavy (non-hydrogen) atoms. The normalized spacial score (nSPS) is 13.4. The number of carboxylic acid groups (broad SMARTS) is 1. The van der Waals surface area contributed by atoms with Crippen LogP contribution in [0.5, 0.6) is 0 Å². The third-order valence-corrected chi connectivity index (χ3v) is 3.57. The number of carboxylic acids is 1. The van der Waals surface area contributed by atoms with Crippen molar-refractivity contribution in [2.45, 2.75) is 58.4 Å². The number of alkyl halides is 3. The average molecular weight is 375 g/mol. The molecule has 1 aromatic carbocycles. The van der Waals surface area contributed by atoms with Crippen LogP contribution in [0.1, 0.15) is 51.7 Å². The maximum Gasteiger partial charge on any atom is 0.416 e. The van der Waals surface area contributed by atoms with E-state index in [1.165, 1.54) is 4.90 Å². The largest absolute Gasteiger partial charge is 0.481 e. The molecule has 1 amide bonds. The maximum absolute atomic E-state index is 12.7. The third-order valence-electron chi connectivity index (χ3n) is 3.57. The van der Waals surface area contributed by atoms with Gasteiger partial charge in [-0.1, -0.05) is 12.1 Å². The van der Waals surface area contributed by atoms with Gasteiger partial charge in [0.25, 0.3) is 0 Å². The third kappa shape index (κ3) is 6.24. The van der Waals surface area contributed by atoms with Gasteiger partial charge in [0.2, 0.25) is 0 Å². The van der Waals surface area contributed by atoms with Crippen LogP contribution in [0.25, 0.3) is 0 Å². The molecule has 1 unspecified atom stereocenters. The Balaban J connectivity index is 3.08. The molecule has 5 nitrogen and oxygen atoms in total. The first-order valence-electron chi connectivity index (χ1n) is 8.12. The molecule has 1 atom stereocenters. The van der Waals surface area contributed by atoms with Crippen molar-refractivity contribution in [3.05, 3.63) is 35.4 Å². The maximum atomic E-state index is 12.7. The fourth-order valence-corrected chi connectivity index (χ4v) is 2.24. The molecule has 1 rings (SSSR count). The molecule has 0 aliphatic heterocycles. The number of carbonyl (C=O) groups excluding carboxylic acids is 1. The summed E-state index contributed by atoms with van der Waals surface area (Å²) in [7, 11) is 0. The number of amides is 1. The summed E-state index contributed by atoms with van der Waals surface area (Å²) in [6.07, 6.45) is -5.18. The van der Waals surface area contributed by atoms with Crippen LogP contribution >= 0.6 is 0 Å². The van der Waals surface area contributed by atoms with Crippen LogP contribution in [0.2, 0.25) is 0 Å². The second-order valence-corrected chi connectivity index (χ2v) is 7.24. The van der Waals surface area contributed by atoms with E-state index in [4.69, 9.17) is 4.74 Å². The van der Waals surface area contributed by atoms with Crippen LogP contribution in [-0.2, 0) is 15.7 Å². The van der Waals surface area contributed by atoms with Crippen molar-refractivity contribution in [1.29, 1.82) is 0 Å². The molecule has 146 valence electrons. The van der Waals surface area contributed by atoms with Gasteiger partial charge in [0, 0.05) is 12.6 Å². The molecule has 0 aliphatic rings. The molecule has 0 saturated heterocycles. The van der Waals surface area contributed by atoms with E-state index in [1.54, 1.807) is 34.6 Å². The number of halogens is 3. The van der Waals surface area contributed by atoms with E-state index >= 15 is 0 Å². The summed E-state index contributed by atoms with van der Waals surface area (Å²) in [4.78, 5) is 25.2. The van der Waals surface area contributed by atoms with Crippen LogP contribution in [0, 0.1) is 0 Å². The summed E-state index contributed by atoms with van der Waals surface area (Å²) < 4.78 is 43.3. The summed E-state index contributed by atoms with van der Waals surface area (Å²) >= 11 is 0. The number of nitrogens with zero attached hydrogens (tertiary/aromatic N) is 1. The first-order valence-corrected chi connectivity index (χ1v) is 8.12. The predicted octanol–water partition coefficient (Wildman–Crippen LogP) is 4.52. The van der Waals surface area contributed by atoms with Crippen molar-refractivity contribution in [3.63, 3.8) is 0 Å². The van der Waals surface area contributed by atoms with E-state index < -0.39 is 35.3 Å². The minimum Gasteiger partial charge on any atom is -0.481 e. The summed E-state index contributed by atoms with van der Waals surface area (Å²) in [5, 5.41) is 9.50. The molecule has 0 spiro atoms. The minimum atomic E-state index is -4.50. The van der Waals surface area contributed by atoms with Gasteiger partial charge in [-0.2, -0.15) is 13.2 Å². The molecule has 0 aromatic heterocycles. The summed E-state index contributed by atoms with van der Waals surface area (Å²) in [6, 6.07) is 3.56. The monoisotopic (exact) mass is 375 g/mol. The lowest BCUT2D eigenvalue weighted by Gasteiger charge is -2.32. The number of ether oxygens (including phenoxy) is 1. The van der Waals surface area contributed by atoms with Crippen molar-refractivity contribution >= 4 is 12.1 Å². The first-order chi connectivity index (χ1) is 11.7. The lowest BCUT2D eigenvalue weighted by Crippen LogP contribution is -2.44.